The van der Waals surface area contributed by atoms with Crippen LogP contribution in [0.1, 0.15) is 61.7 Å². The Morgan fingerprint density at radius 1 is 1.06 bits per heavy atom. The zero-order chi connectivity index (χ0) is 35.0. The molecule has 10 nitrogen and oxygen atoms in total. The van der Waals surface area contributed by atoms with Gasteiger partial charge in [0.1, 0.15) is 5.82 Å². The fraction of sp³-hybridized carbons (Fsp3) is 0.229. The van der Waals surface area contributed by atoms with Crippen molar-refractivity contribution in [3.05, 3.63) is 125 Å². The van der Waals surface area contributed by atoms with Crippen LogP contribution in [0.2, 0.25) is 0 Å². The van der Waals surface area contributed by atoms with Crippen molar-refractivity contribution in [2.75, 3.05) is 18.6 Å². The first-order chi connectivity index (χ1) is 22.8. The predicted molar refractivity (Wildman–Crippen MR) is 176 cm³/mol. The number of fused-ring (bicyclic) bond motifs is 1. The van der Waals surface area contributed by atoms with E-state index < -0.39 is 23.6 Å². The Balaban J connectivity index is 0.000000490. The second kappa shape index (κ2) is 15.2. The van der Waals surface area contributed by atoms with E-state index in [9.17, 15) is 32.3 Å². The van der Waals surface area contributed by atoms with E-state index >= 15 is 0 Å². The van der Waals surface area contributed by atoms with E-state index in [0.29, 0.717) is 13.0 Å². The van der Waals surface area contributed by atoms with Gasteiger partial charge < -0.3 is 15.8 Å². The zero-order valence-electron chi connectivity index (χ0n) is 26.5. The fourth-order valence-corrected chi connectivity index (χ4v) is 5.19. The Morgan fingerprint density at radius 3 is 2.42 bits per heavy atom. The lowest BCUT2D eigenvalue weighted by atomic mass is 9.86. The lowest BCUT2D eigenvalue weighted by Crippen LogP contribution is -2.37. The smallest absolute Gasteiger partial charge is 0.416 e. The van der Waals surface area contributed by atoms with E-state index in [1.807, 2.05) is 72.4 Å². The molecule has 0 radical (unpaired) electrons. The summed E-state index contributed by atoms with van der Waals surface area (Å²) in [6, 6.07) is 21.6. The highest BCUT2D eigenvalue weighted by Gasteiger charge is 2.35. The van der Waals surface area contributed by atoms with Crippen molar-refractivity contribution in [3.63, 3.8) is 0 Å². The normalized spacial score (nSPS) is 14.4. The average molecular weight is 666 g/mol. The topological polar surface area (TPSA) is 137 Å². The number of carbonyl (C=O) groups is 4. The van der Waals surface area contributed by atoms with Gasteiger partial charge >= 0.3 is 12.1 Å². The molecule has 3 amide bonds. The Labute approximate surface area is 278 Å². The van der Waals surface area contributed by atoms with Crippen molar-refractivity contribution in [1.82, 2.24) is 15.1 Å². The SMILES string of the molecule is CCN1C(=O)C[C@@H](c2cccc(CNC(=O)/C=C(\C)C(=O)OC)c2)c2cnn(-c3ccccc3)c21.NC(=O)c1cccc(C(F)(F)F)c1.[HH].[HH]. The maximum atomic E-state index is 13.1. The van der Waals surface area contributed by atoms with Gasteiger partial charge in [-0.3, -0.25) is 19.3 Å². The number of anilines is 1. The number of halogens is 3. The van der Waals surface area contributed by atoms with Crippen LogP contribution in [0.3, 0.4) is 0 Å². The summed E-state index contributed by atoms with van der Waals surface area (Å²) >= 11 is 0. The summed E-state index contributed by atoms with van der Waals surface area (Å²) in [5, 5.41) is 7.42. The number of benzene rings is 3. The van der Waals surface area contributed by atoms with Crippen molar-refractivity contribution >= 4 is 29.5 Å². The molecule has 254 valence electrons. The van der Waals surface area contributed by atoms with Gasteiger partial charge in [-0.25, -0.2) is 9.48 Å². The van der Waals surface area contributed by atoms with E-state index in [1.165, 1.54) is 26.2 Å². The Morgan fingerprint density at radius 2 is 1.77 bits per heavy atom. The number of aromatic nitrogens is 2. The number of rotatable bonds is 8. The van der Waals surface area contributed by atoms with Gasteiger partial charge in [-0.1, -0.05) is 48.5 Å². The van der Waals surface area contributed by atoms with Gasteiger partial charge in [0.2, 0.25) is 17.7 Å². The molecule has 0 saturated carbocycles. The third-order valence-corrected chi connectivity index (χ3v) is 7.55. The Kier molecular flexibility index (Phi) is 11.2. The number of nitrogens with two attached hydrogens (primary N) is 1. The maximum absolute atomic E-state index is 13.1. The molecule has 48 heavy (non-hydrogen) atoms. The number of alkyl halides is 3. The number of carbonyl (C=O) groups excluding carboxylic acids is 4. The van der Waals surface area contributed by atoms with Gasteiger partial charge in [0.05, 0.1) is 24.6 Å². The third kappa shape index (κ3) is 8.35. The number of methoxy groups -OCH3 is 1. The summed E-state index contributed by atoms with van der Waals surface area (Å²) in [5.74, 6) is -1.10. The number of nitrogens with one attached hydrogen (secondary N) is 1. The Hall–Kier alpha value is -5.72. The van der Waals surface area contributed by atoms with Gasteiger partial charge in [0.15, 0.2) is 0 Å². The molecule has 2 heterocycles. The fourth-order valence-electron chi connectivity index (χ4n) is 5.19. The summed E-state index contributed by atoms with van der Waals surface area (Å²) in [5.41, 5.74) is 7.79. The first-order valence-electron chi connectivity index (χ1n) is 14.9. The molecular weight excluding hydrogens is 627 g/mol. The van der Waals surface area contributed by atoms with E-state index in [2.05, 4.69) is 15.2 Å². The molecule has 1 atom stereocenters. The molecule has 0 unspecified atom stereocenters. The molecule has 5 rings (SSSR count). The van der Waals surface area contributed by atoms with Crippen LogP contribution in [0, 0.1) is 0 Å². The number of amides is 3. The molecule has 1 aliphatic rings. The van der Waals surface area contributed by atoms with Gasteiger partial charge in [-0.2, -0.15) is 18.3 Å². The minimum absolute atomic E-state index is 0. The van der Waals surface area contributed by atoms with Crippen LogP contribution in [-0.2, 0) is 31.8 Å². The molecule has 4 aromatic rings. The van der Waals surface area contributed by atoms with Gasteiger partial charge in [-0.15, -0.1) is 0 Å². The summed E-state index contributed by atoms with van der Waals surface area (Å²) in [7, 11) is 1.27. The van der Waals surface area contributed by atoms with Gasteiger partial charge in [0, 0.05) is 51.1 Å². The summed E-state index contributed by atoms with van der Waals surface area (Å²) < 4.78 is 42.7. The van der Waals surface area contributed by atoms with Crippen LogP contribution in [0.5, 0.6) is 0 Å². The number of primary amides is 1. The van der Waals surface area contributed by atoms with Crippen LogP contribution < -0.4 is 16.0 Å². The molecule has 0 aliphatic carbocycles. The summed E-state index contributed by atoms with van der Waals surface area (Å²) in [6.45, 7) is 4.33. The summed E-state index contributed by atoms with van der Waals surface area (Å²) in [6.07, 6.45) is -1.03. The molecule has 3 N–H and O–H groups in total. The first kappa shape index (κ1) is 35.1. The van der Waals surface area contributed by atoms with Crippen molar-refractivity contribution in [1.29, 1.82) is 0 Å². The number of ether oxygens (including phenoxy) is 1. The number of para-hydroxylation sites is 1. The van der Waals surface area contributed by atoms with E-state index in [1.54, 1.807) is 4.90 Å². The predicted octanol–water partition coefficient (Wildman–Crippen LogP) is 5.79. The van der Waals surface area contributed by atoms with E-state index in [0.717, 1.165) is 46.4 Å². The minimum Gasteiger partial charge on any atom is -0.466 e. The van der Waals surface area contributed by atoms with Crippen LogP contribution >= 0.6 is 0 Å². The van der Waals surface area contributed by atoms with E-state index in [4.69, 9.17) is 5.73 Å². The zero-order valence-corrected chi connectivity index (χ0v) is 26.5. The highest BCUT2D eigenvalue weighted by molar-refractivity contribution is 5.98. The molecule has 13 heteroatoms. The van der Waals surface area contributed by atoms with Crippen molar-refractivity contribution < 1.29 is 39.9 Å². The lowest BCUT2D eigenvalue weighted by Gasteiger charge is -2.32. The largest absolute Gasteiger partial charge is 0.466 e. The third-order valence-electron chi connectivity index (χ3n) is 7.55. The molecule has 0 spiro atoms. The standard InChI is InChI=1S/C27H28N4O4.C8H6F3NO.2H2/c1-4-30-25(33)15-22(23-17-29-31(26(23)30)21-11-6-5-7-12-21)20-10-8-9-19(14-20)16-28-24(32)13-18(2)27(34)35-3;9-8(10,11)6-3-1-2-5(4-6)7(12)13;;/h5-14,17,22H,4,15-16H2,1-3H3,(H,28,32);1-4H,(H2,12,13);2*1H/b18-13+;;;/t22-;;;/m0.../s1. The monoisotopic (exact) mass is 665 g/mol. The van der Waals surface area contributed by atoms with Crippen molar-refractivity contribution in [2.45, 2.75) is 38.9 Å². The highest BCUT2D eigenvalue weighted by Crippen LogP contribution is 2.41. The molecular formula is C35H38F3N5O5. The number of esters is 1. The minimum atomic E-state index is -4.44. The van der Waals surface area contributed by atoms with Crippen molar-refractivity contribution in [3.8, 4) is 5.69 Å². The van der Waals surface area contributed by atoms with E-state index in [-0.39, 0.29) is 38.3 Å². The maximum Gasteiger partial charge on any atom is 0.416 e. The molecule has 1 aliphatic heterocycles. The van der Waals surface area contributed by atoms with Gasteiger partial charge in [0.25, 0.3) is 0 Å². The summed E-state index contributed by atoms with van der Waals surface area (Å²) in [4.78, 5) is 49.1. The lowest BCUT2D eigenvalue weighted by molar-refractivity contribution is -0.138. The van der Waals surface area contributed by atoms with Crippen LogP contribution in [0.15, 0.2) is 96.7 Å². The molecule has 0 saturated heterocycles. The second-order valence-electron chi connectivity index (χ2n) is 10.8. The number of hydrogen-bond acceptors (Lipinski definition) is 6. The second-order valence-corrected chi connectivity index (χ2v) is 10.8. The van der Waals surface area contributed by atoms with Crippen LogP contribution in [0.4, 0.5) is 19.0 Å². The van der Waals surface area contributed by atoms with Gasteiger partial charge in [-0.05, 0) is 55.3 Å². The average Bonchev–Trinajstić information content (AvgIpc) is 3.52. The molecule has 3 aromatic carbocycles. The number of hydrogen-bond donors (Lipinski definition) is 2. The van der Waals surface area contributed by atoms with Crippen molar-refractivity contribution in [2.24, 2.45) is 5.73 Å². The highest BCUT2D eigenvalue weighted by atomic mass is 19.4. The number of nitrogens with zero attached hydrogens (tertiary/aromatic N) is 3. The van der Waals surface area contributed by atoms with Crippen LogP contribution in [0.25, 0.3) is 5.69 Å². The first-order valence-corrected chi connectivity index (χ1v) is 14.9. The molecule has 0 bridgehead atoms. The molecule has 1 aromatic heterocycles. The molecule has 0 fully saturated rings. The quantitative estimate of drug-likeness (QED) is 0.181. The Bertz CT molecular complexity index is 1850. The van der Waals surface area contributed by atoms with Crippen LogP contribution in [-0.4, -0.2) is 47.1 Å².